The van der Waals surface area contributed by atoms with Crippen molar-refractivity contribution in [3.05, 3.63) is 35.9 Å². The quantitative estimate of drug-likeness (QED) is 0.807. The molecule has 1 atom stereocenters. The first kappa shape index (κ1) is 14.4. The van der Waals surface area contributed by atoms with E-state index in [1.54, 1.807) is 0 Å². The van der Waals surface area contributed by atoms with Gasteiger partial charge in [0.2, 0.25) is 0 Å². The van der Waals surface area contributed by atoms with E-state index in [0.29, 0.717) is 12.6 Å². The van der Waals surface area contributed by atoms with Crippen LogP contribution in [0.4, 0.5) is 4.79 Å². The third kappa shape index (κ3) is 4.29. The van der Waals surface area contributed by atoms with Crippen molar-refractivity contribution in [1.82, 2.24) is 10.6 Å². The van der Waals surface area contributed by atoms with Gasteiger partial charge >= 0.3 is 6.09 Å². The van der Waals surface area contributed by atoms with Crippen LogP contribution in [0.1, 0.15) is 25.3 Å². The van der Waals surface area contributed by atoms with Crippen molar-refractivity contribution in [2.45, 2.75) is 44.5 Å². The lowest BCUT2D eigenvalue weighted by Gasteiger charge is -2.37. The van der Waals surface area contributed by atoms with E-state index in [4.69, 9.17) is 11.2 Å². The Balaban J connectivity index is 1.61. The average molecular weight is 272 g/mol. The number of benzene rings is 1. The second-order valence-corrected chi connectivity index (χ2v) is 5.13. The van der Waals surface area contributed by atoms with Crippen LogP contribution in [0.25, 0.3) is 0 Å². The molecule has 1 amide bonds. The Kier molecular flexibility index (Phi) is 5.03. The van der Waals surface area contributed by atoms with Crippen LogP contribution in [0, 0.1) is 12.3 Å². The lowest BCUT2D eigenvalue weighted by atomic mass is 9.86. The molecule has 4 nitrogen and oxygen atoms in total. The zero-order valence-electron chi connectivity index (χ0n) is 11.6. The lowest BCUT2D eigenvalue weighted by Crippen LogP contribution is -2.54. The van der Waals surface area contributed by atoms with Gasteiger partial charge in [-0.15, -0.1) is 6.42 Å². The van der Waals surface area contributed by atoms with Gasteiger partial charge in [0.1, 0.15) is 6.61 Å². The topological polar surface area (TPSA) is 50.4 Å². The Labute approximate surface area is 119 Å². The normalized spacial score (nSPS) is 22.2. The van der Waals surface area contributed by atoms with Crippen molar-refractivity contribution in [2.24, 2.45) is 0 Å². The summed E-state index contributed by atoms with van der Waals surface area (Å²) in [7, 11) is 0. The van der Waals surface area contributed by atoms with Gasteiger partial charge < -0.3 is 15.4 Å². The molecule has 1 aliphatic carbocycles. The number of ether oxygens (including phenoxy) is 1. The van der Waals surface area contributed by atoms with Crippen LogP contribution in [-0.4, -0.2) is 24.2 Å². The number of carbonyl (C=O) groups excluding carboxylic acids is 1. The van der Waals surface area contributed by atoms with E-state index in [1.165, 1.54) is 0 Å². The first-order valence-corrected chi connectivity index (χ1v) is 6.86. The highest BCUT2D eigenvalue weighted by atomic mass is 16.5. The molecule has 2 rings (SSSR count). The van der Waals surface area contributed by atoms with Crippen molar-refractivity contribution in [3.63, 3.8) is 0 Å². The van der Waals surface area contributed by atoms with E-state index in [1.807, 2.05) is 37.3 Å². The first-order valence-electron chi connectivity index (χ1n) is 6.86. The molecular weight excluding hydrogens is 252 g/mol. The summed E-state index contributed by atoms with van der Waals surface area (Å²) in [4.78, 5) is 11.6. The zero-order valence-corrected chi connectivity index (χ0v) is 11.6. The fourth-order valence-corrected chi connectivity index (χ4v) is 2.20. The van der Waals surface area contributed by atoms with E-state index in [9.17, 15) is 4.79 Å². The fourth-order valence-electron chi connectivity index (χ4n) is 2.20. The van der Waals surface area contributed by atoms with Crippen LogP contribution < -0.4 is 10.6 Å². The molecule has 2 N–H and O–H groups in total. The summed E-state index contributed by atoms with van der Waals surface area (Å²) < 4.78 is 5.17. The van der Waals surface area contributed by atoms with Crippen LogP contribution in [-0.2, 0) is 11.3 Å². The number of rotatable bonds is 5. The molecule has 1 aromatic carbocycles. The maximum atomic E-state index is 11.6. The van der Waals surface area contributed by atoms with E-state index in [-0.39, 0.29) is 18.2 Å². The molecule has 0 aliphatic heterocycles. The molecule has 1 aromatic rings. The van der Waals surface area contributed by atoms with Gasteiger partial charge in [-0.2, -0.15) is 0 Å². The lowest BCUT2D eigenvalue weighted by molar-refractivity contribution is 0.125. The van der Waals surface area contributed by atoms with Crippen molar-refractivity contribution < 1.29 is 9.53 Å². The summed E-state index contributed by atoms with van der Waals surface area (Å²) in [6.07, 6.45) is 6.74. The van der Waals surface area contributed by atoms with Gasteiger partial charge in [-0.25, -0.2) is 4.79 Å². The molecule has 1 saturated carbocycles. The molecule has 0 heterocycles. The molecule has 1 unspecified atom stereocenters. The van der Waals surface area contributed by atoms with Crippen LogP contribution in [0.15, 0.2) is 30.3 Å². The summed E-state index contributed by atoms with van der Waals surface area (Å²) >= 11 is 0. The standard InChI is InChI=1S/C16H20N2O2/c1-3-12(2)17-14-9-15(10-14)18-16(19)20-11-13-7-5-4-6-8-13/h1,4-8,12,14-15,17H,9-11H2,2H3,(H,18,19). The second-order valence-electron chi connectivity index (χ2n) is 5.13. The molecule has 20 heavy (non-hydrogen) atoms. The van der Waals surface area contributed by atoms with E-state index in [0.717, 1.165) is 18.4 Å². The Morgan fingerprint density at radius 2 is 2.10 bits per heavy atom. The maximum absolute atomic E-state index is 11.6. The molecule has 0 saturated heterocycles. The van der Waals surface area contributed by atoms with E-state index >= 15 is 0 Å². The van der Waals surface area contributed by atoms with Gasteiger partial charge in [0, 0.05) is 12.1 Å². The van der Waals surface area contributed by atoms with E-state index < -0.39 is 0 Å². The Hall–Kier alpha value is -1.99. The minimum absolute atomic E-state index is 0.0750. The van der Waals surface area contributed by atoms with Crippen LogP contribution >= 0.6 is 0 Å². The summed E-state index contributed by atoms with van der Waals surface area (Å²) in [6.45, 7) is 2.25. The molecule has 4 heteroatoms. The van der Waals surface area contributed by atoms with Crippen LogP contribution in [0.2, 0.25) is 0 Å². The third-order valence-electron chi connectivity index (χ3n) is 3.41. The molecule has 106 valence electrons. The van der Waals surface area contributed by atoms with Gasteiger partial charge in [-0.1, -0.05) is 36.3 Å². The Morgan fingerprint density at radius 3 is 2.75 bits per heavy atom. The second kappa shape index (κ2) is 6.97. The molecule has 0 bridgehead atoms. The van der Waals surface area contributed by atoms with Gasteiger partial charge in [0.05, 0.1) is 6.04 Å². The van der Waals surface area contributed by atoms with Crippen molar-refractivity contribution in [3.8, 4) is 12.3 Å². The summed E-state index contributed by atoms with van der Waals surface area (Å²) in [5.74, 6) is 2.63. The average Bonchev–Trinajstić information content (AvgIpc) is 2.43. The Bertz CT molecular complexity index is 475. The first-order chi connectivity index (χ1) is 9.67. The number of hydrogen-bond acceptors (Lipinski definition) is 3. The summed E-state index contributed by atoms with van der Waals surface area (Å²) in [5.41, 5.74) is 0.985. The fraction of sp³-hybridized carbons (Fsp3) is 0.438. The van der Waals surface area contributed by atoms with Crippen LogP contribution in [0.3, 0.4) is 0 Å². The minimum atomic E-state index is -0.359. The van der Waals surface area contributed by atoms with Gasteiger partial charge in [-0.05, 0) is 25.3 Å². The van der Waals surface area contributed by atoms with Gasteiger partial charge in [-0.3, -0.25) is 0 Å². The van der Waals surface area contributed by atoms with Gasteiger partial charge in [0.25, 0.3) is 0 Å². The smallest absolute Gasteiger partial charge is 0.407 e. The molecule has 0 aromatic heterocycles. The predicted octanol–water partition coefficient (Wildman–Crippen LogP) is 2.06. The Morgan fingerprint density at radius 1 is 1.40 bits per heavy atom. The highest BCUT2D eigenvalue weighted by Gasteiger charge is 2.30. The predicted molar refractivity (Wildman–Crippen MR) is 78.0 cm³/mol. The largest absolute Gasteiger partial charge is 0.445 e. The molecule has 1 aliphatic rings. The molecule has 0 radical (unpaired) electrons. The van der Waals surface area contributed by atoms with E-state index in [2.05, 4.69) is 16.6 Å². The number of alkyl carbamates (subject to hydrolysis) is 1. The molecule has 0 spiro atoms. The van der Waals surface area contributed by atoms with Crippen LogP contribution in [0.5, 0.6) is 0 Å². The summed E-state index contributed by atoms with van der Waals surface area (Å²) in [6, 6.07) is 10.3. The van der Waals surface area contributed by atoms with Crippen molar-refractivity contribution in [2.75, 3.05) is 0 Å². The van der Waals surface area contributed by atoms with Crippen molar-refractivity contribution in [1.29, 1.82) is 0 Å². The minimum Gasteiger partial charge on any atom is -0.445 e. The number of amides is 1. The number of nitrogens with one attached hydrogen (secondary N) is 2. The zero-order chi connectivity index (χ0) is 14.4. The third-order valence-corrected chi connectivity index (χ3v) is 3.41. The highest BCUT2D eigenvalue weighted by Crippen LogP contribution is 2.20. The number of hydrogen-bond donors (Lipinski definition) is 2. The van der Waals surface area contributed by atoms with Gasteiger partial charge in [0.15, 0.2) is 0 Å². The molecule has 1 fully saturated rings. The molecular formula is C16H20N2O2. The van der Waals surface area contributed by atoms with Crippen molar-refractivity contribution >= 4 is 6.09 Å². The SMILES string of the molecule is C#CC(C)NC1CC(NC(=O)OCc2ccccc2)C1. The number of terminal acetylenes is 1. The number of carbonyl (C=O) groups is 1. The summed E-state index contributed by atoms with van der Waals surface area (Å²) in [5, 5.41) is 6.15. The highest BCUT2D eigenvalue weighted by molar-refractivity contribution is 5.67. The monoisotopic (exact) mass is 272 g/mol. The maximum Gasteiger partial charge on any atom is 0.407 e.